The number of quaternary nitrogens is 1. The van der Waals surface area contributed by atoms with Crippen molar-refractivity contribution in [2.24, 2.45) is 0 Å². The minimum atomic E-state index is -4.28. The van der Waals surface area contributed by atoms with E-state index in [-0.39, 0.29) is 25.8 Å². The number of esters is 1. The second-order valence-corrected chi connectivity index (χ2v) is 18.2. The molecule has 0 rings (SSSR count). The van der Waals surface area contributed by atoms with Gasteiger partial charge in [-0.3, -0.25) is 13.8 Å². The molecule has 2 unspecified atom stereocenters. The number of nitrogens with zero attached hydrogens (tertiary/aromatic N) is 1. The van der Waals surface area contributed by atoms with Crippen molar-refractivity contribution in [3.8, 4) is 0 Å². The minimum absolute atomic E-state index is 0.0858. The molecule has 8 nitrogen and oxygen atoms in total. The molecule has 0 saturated carbocycles. The van der Waals surface area contributed by atoms with Crippen LogP contribution in [0.4, 0.5) is 0 Å². The number of allylic oxidation sites excluding steroid dienone is 6. The maximum Gasteiger partial charge on any atom is 0.472 e. The molecule has 0 aliphatic rings. The Morgan fingerprint density at radius 2 is 0.982 bits per heavy atom. The lowest BCUT2D eigenvalue weighted by molar-refractivity contribution is -0.870. The predicted molar refractivity (Wildman–Crippen MR) is 238 cm³/mol. The Labute approximate surface area is 346 Å². The van der Waals surface area contributed by atoms with Crippen molar-refractivity contribution < 1.29 is 37.3 Å². The monoisotopic (exact) mass is 813 g/mol. The number of phosphoric ester groups is 1. The molecule has 0 aromatic rings. The van der Waals surface area contributed by atoms with Crippen molar-refractivity contribution in [2.45, 2.75) is 206 Å². The smallest absolute Gasteiger partial charge is 0.457 e. The number of carbonyl (C=O) groups is 1. The van der Waals surface area contributed by atoms with Crippen LogP contribution >= 0.6 is 7.82 Å². The van der Waals surface area contributed by atoms with Gasteiger partial charge in [-0.1, -0.05) is 159 Å². The van der Waals surface area contributed by atoms with E-state index in [1.54, 1.807) is 0 Å². The summed E-state index contributed by atoms with van der Waals surface area (Å²) in [6.07, 6.45) is 47.4. The average molecular weight is 813 g/mol. The summed E-state index contributed by atoms with van der Waals surface area (Å²) in [6, 6.07) is 0. The fourth-order valence-electron chi connectivity index (χ4n) is 6.28. The molecule has 1 N–H and O–H groups in total. The van der Waals surface area contributed by atoms with Gasteiger partial charge in [-0.25, -0.2) is 4.57 Å². The van der Waals surface area contributed by atoms with Gasteiger partial charge in [-0.15, -0.1) is 0 Å². The molecule has 0 aromatic heterocycles. The molecule has 0 heterocycles. The van der Waals surface area contributed by atoms with Crippen molar-refractivity contribution in [2.75, 3.05) is 54.1 Å². The second kappa shape index (κ2) is 40.5. The van der Waals surface area contributed by atoms with E-state index in [1.165, 1.54) is 128 Å². The highest BCUT2D eigenvalue weighted by Gasteiger charge is 2.26. The Morgan fingerprint density at radius 1 is 0.554 bits per heavy atom. The average Bonchev–Trinajstić information content (AvgIpc) is 3.15. The summed E-state index contributed by atoms with van der Waals surface area (Å²) in [5.41, 5.74) is 0. The lowest BCUT2D eigenvalue weighted by Gasteiger charge is -2.24. The highest BCUT2D eigenvalue weighted by Crippen LogP contribution is 2.43. The van der Waals surface area contributed by atoms with Gasteiger partial charge in [0.05, 0.1) is 34.4 Å². The molecule has 0 spiro atoms. The highest BCUT2D eigenvalue weighted by atomic mass is 31.2. The summed E-state index contributed by atoms with van der Waals surface area (Å²) in [6.45, 7) is 5.59. The first-order valence-corrected chi connectivity index (χ1v) is 24.7. The molecule has 0 saturated heterocycles. The summed E-state index contributed by atoms with van der Waals surface area (Å²) >= 11 is 0. The molecule has 0 radical (unpaired) electrons. The van der Waals surface area contributed by atoms with Gasteiger partial charge in [0.15, 0.2) is 0 Å². The quantitative estimate of drug-likeness (QED) is 0.0215. The topological polar surface area (TPSA) is 91.3 Å². The van der Waals surface area contributed by atoms with Gasteiger partial charge in [0.25, 0.3) is 0 Å². The number of hydrogen-bond donors (Lipinski definition) is 1. The van der Waals surface area contributed by atoms with E-state index in [1.807, 2.05) is 21.1 Å². The van der Waals surface area contributed by atoms with E-state index >= 15 is 0 Å². The molecule has 0 amide bonds. The van der Waals surface area contributed by atoms with Crippen LogP contribution in [0.1, 0.15) is 200 Å². The predicted octanol–water partition coefficient (Wildman–Crippen LogP) is 13.8. The summed E-state index contributed by atoms with van der Waals surface area (Å²) in [4.78, 5) is 22.9. The van der Waals surface area contributed by atoms with Gasteiger partial charge in [0.1, 0.15) is 19.3 Å². The van der Waals surface area contributed by atoms with Gasteiger partial charge in [0.2, 0.25) is 0 Å². The Morgan fingerprint density at radius 3 is 1.48 bits per heavy atom. The molecule has 330 valence electrons. The summed E-state index contributed by atoms with van der Waals surface area (Å²) < 4.78 is 35.0. The third-order valence-corrected chi connectivity index (χ3v) is 10.9. The largest absolute Gasteiger partial charge is 0.472 e. The fraction of sp³-hybridized carbons (Fsp3) is 0.851. The van der Waals surface area contributed by atoms with Crippen LogP contribution in [0.3, 0.4) is 0 Å². The lowest BCUT2D eigenvalue weighted by Crippen LogP contribution is -2.37. The highest BCUT2D eigenvalue weighted by molar-refractivity contribution is 7.47. The Bertz CT molecular complexity index is 994. The van der Waals surface area contributed by atoms with E-state index < -0.39 is 13.9 Å². The fourth-order valence-corrected chi connectivity index (χ4v) is 7.02. The summed E-state index contributed by atoms with van der Waals surface area (Å²) in [5, 5.41) is 0. The van der Waals surface area contributed by atoms with Gasteiger partial charge < -0.3 is 18.9 Å². The van der Waals surface area contributed by atoms with E-state index in [0.29, 0.717) is 24.1 Å². The van der Waals surface area contributed by atoms with Gasteiger partial charge >= 0.3 is 13.8 Å². The van der Waals surface area contributed by atoms with E-state index in [9.17, 15) is 14.3 Å². The van der Waals surface area contributed by atoms with Crippen LogP contribution in [0.2, 0.25) is 0 Å². The number of rotatable bonds is 43. The summed E-state index contributed by atoms with van der Waals surface area (Å²) in [5.74, 6) is -0.324. The van der Waals surface area contributed by atoms with Crippen LogP contribution in [0.25, 0.3) is 0 Å². The third-order valence-electron chi connectivity index (χ3n) is 9.92. The number of unbranched alkanes of at least 4 members (excludes halogenated alkanes) is 23. The number of hydrogen-bond acceptors (Lipinski definition) is 6. The zero-order valence-electron chi connectivity index (χ0n) is 37.4. The number of ether oxygens (including phenoxy) is 2. The standard InChI is InChI=1S/C47H90NO7P/c1-6-8-10-12-14-16-18-20-22-23-24-25-27-29-31-33-35-37-39-42-52-44-46(45-54-56(50,51)53-43-41-48(3,4)5)55-47(49)40-38-36-34-32-30-28-26-21-19-17-15-13-11-9-7-2/h16,18,21-23,26,46H,6-15,17,19-20,24-25,27-45H2,1-5H3/p+1/b18-16-,23-22-,26-21-. The van der Waals surface area contributed by atoms with Crippen molar-refractivity contribution >= 4 is 13.8 Å². The number of likely N-dealkylation sites (N-methyl/N-ethyl adjacent to an activating group) is 1. The number of carbonyl (C=O) groups excluding carboxylic acids is 1. The van der Waals surface area contributed by atoms with Gasteiger partial charge in [-0.05, 0) is 70.6 Å². The normalized spacial score (nSPS) is 14.0. The Hall–Kier alpha value is -1.28. The maximum atomic E-state index is 12.7. The zero-order chi connectivity index (χ0) is 41.3. The zero-order valence-corrected chi connectivity index (χ0v) is 38.3. The van der Waals surface area contributed by atoms with Crippen molar-refractivity contribution in [3.05, 3.63) is 36.5 Å². The van der Waals surface area contributed by atoms with Crippen LogP contribution in [0, 0.1) is 0 Å². The third kappa shape index (κ3) is 43.8. The molecular formula is C47H91NO7P+. The Balaban J connectivity index is 4.21. The first-order chi connectivity index (χ1) is 27.1. The van der Waals surface area contributed by atoms with Crippen LogP contribution < -0.4 is 0 Å². The summed E-state index contributed by atoms with van der Waals surface area (Å²) in [7, 11) is 1.66. The SMILES string of the molecule is CCCCCC/C=C\C/C=C\CCCCCCCCCCOCC(COP(=O)(O)OCC[N+](C)(C)C)OC(=O)CCCCCCC/C=C\CCCCCCCC. The van der Waals surface area contributed by atoms with Crippen LogP contribution in [0.15, 0.2) is 36.5 Å². The van der Waals surface area contributed by atoms with Crippen molar-refractivity contribution in [3.63, 3.8) is 0 Å². The number of phosphoric acid groups is 1. The lowest BCUT2D eigenvalue weighted by atomic mass is 10.1. The molecule has 56 heavy (non-hydrogen) atoms. The molecule has 0 aliphatic carbocycles. The van der Waals surface area contributed by atoms with Crippen molar-refractivity contribution in [1.82, 2.24) is 0 Å². The van der Waals surface area contributed by atoms with Gasteiger partial charge in [0, 0.05) is 13.0 Å². The van der Waals surface area contributed by atoms with E-state index in [0.717, 1.165) is 51.4 Å². The van der Waals surface area contributed by atoms with Crippen LogP contribution in [-0.4, -0.2) is 75.6 Å². The molecule has 0 fully saturated rings. The first kappa shape index (κ1) is 54.7. The molecular weight excluding hydrogens is 721 g/mol. The Kier molecular flexibility index (Phi) is 39.6. The van der Waals surface area contributed by atoms with Crippen LogP contribution in [0.5, 0.6) is 0 Å². The molecule has 0 aromatic carbocycles. The van der Waals surface area contributed by atoms with E-state index in [2.05, 4.69) is 50.3 Å². The molecule has 9 heteroatoms. The molecule has 0 aliphatic heterocycles. The first-order valence-electron chi connectivity index (χ1n) is 23.2. The molecule has 2 atom stereocenters. The van der Waals surface area contributed by atoms with Crippen molar-refractivity contribution in [1.29, 1.82) is 0 Å². The van der Waals surface area contributed by atoms with Crippen LogP contribution in [-0.2, 0) is 27.9 Å². The van der Waals surface area contributed by atoms with E-state index in [4.69, 9.17) is 18.5 Å². The maximum absolute atomic E-state index is 12.7. The minimum Gasteiger partial charge on any atom is -0.457 e. The molecule has 0 bridgehead atoms. The van der Waals surface area contributed by atoms with Gasteiger partial charge in [-0.2, -0.15) is 0 Å². The second-order valence-electron chi connectivity index (χ2n) is 16.8.